The molecule has 3 aromatic rings. The fourth-order valence-corrected chi connectivity index (χ4v) is 6.34. The molecule has 5 rings (SSSR count). The number of benzene rings is 3. The Morgan fingerprint density at radius 2 is 1.79 bits per heavy atom. The number of halogens is 2. The van der Waals surface area contributed by atoms with Crippen LogP contribution >= 0.6 is 11.6 Å². The number of phenolic OH excluding ortho intramolecular Hbond substituents is 1. The summed E-state index contributed by atoms with van der Waals surface area (Å²) in [6, 6.07) is 15.0. The lowest BCUT2D eigenvalue weighted by atomic mass is 9.74. The van der Waals surface area contributed by atoms with Gasteiger partial charge in [-0.15, -0.1) is 0 Å². The van der Waals surface area contributed by atoms with Crippen LogP contribution < -0.4 is 15.5 Å². The maximum atomic E-state index is 14.0. The fraction of sp³-hybridized carbons (Fsp3) is 0.387. The molecule has 1 saturated heterocycles. The van der Waals surface area contributed by atoms with Crippen LogP contribution in [-0.2, 0) is 5.41 Å². The highest BCUT2D eigenvalue weighted by atomic mass is 35.5. The van der Waals surface area contributed by atoms with Crippen molar-refractivity contribution in [3.8, 4) is 5.75 Å². The molecule has 1 spiro atoms. The molecule has 0 aromatic heterocycles. The first-order chi connectivity index (χ1) is 18.5. The summed E-state index contributed by atoms with van der Waals surface area (Å²) >= 11 is 6.84. The summed E-state index contributed by atoms with van der Waals surface area (Å²) in [5, 5.41) is 17.4. The van der Waals surface area contributed by atoms with Crippen molar-refractivity contribution < 1.29 is 14.3 Å². The second kappa shape index (κ2) is 10.4. The van der Waals surface area contributed by atoms with Gasteiger partial charge in [-0.25, -0.2) is 9.18 Å². The first-order valence-electron chi connectivity index (χ1n) is 13.4. The third-order valence-corrected chi connectivity index (χ3v) is 8.07. The van der Waals surface area contributed by atoms with Crippen LogP contribution in [0, 0.1) is 18.2 Å². The summed E-state index contributed by atoms with van der Waals surface area (Å²) in [6.45, 7) is 12.0. The maximum absolute atomic E-state index is 14.0. The number of hydrogen-bond acceptors (Lipinski definition) is 4. The van der Waals surface area contributed by atoms with E-state index in [0.29, 0.717) is 34.2 Å². The molecule has 3 aromatic carbocycles. The molecule has 2 heterocycles. The molecule has 0 aliphatic carbocycles. The van der Waals surface area contributed by atoms with Crippen molar-refractivity contribution in [3.05, 3.63) is 76.6 Å². The van der Waals surface area contributed by atoms with Gasteiger partial charge in [0, 0.05) is 34.8 Å². The van der Waals surface area contributed by atoms with Crippen molar-refractivity contribution in [1.82, 2.24) is 4.90 Å². The predicted molar refractivity (Wildman–Crippen MR) is 157 cm³/mol. The van der Waals surface area contributed by atoms with Gasteiger partial charge in [-0.1, -0.05) is 50.6 Å². The average Bonchev–Trinajstić information content (AvgIpc) is 3.20. The Morgan fingerprint density at radius 3 is 2.49 bits per heavy atom. The number of rotatable bonds is 4. The number of nitrogens with zero attached hydrogens (tertiary/aromatic N) is 2. The number of hydrogen-bond donors (Lipinski definition) is 3. The van der Waals surface area contributed by atoms with E-state index < -0.39 is 6.03 Å². The van der Waals surface area contributed by atoms with Gasteiger partial charge in [-0.05, 0) is 80.2 Å². The van der Waals surface area contributed by atoms with E-state index in [0.717, 1.165) is 43.7 Å². The largest absolute Gasteiger partial charge is 0.506 e. The van der Waals surface area contributed by atoms with Crippen molar-refractivity contribution in [2.75, 3.05) is 41.7 Å². The van der Waals surface area contributed by atoms with Gasteiger partial charge >= 0.3 is 6.03 Å². The van der Waals surface area contributed by atoms with Crippen LogP contribution in [0.3, 0.4) is 0 Å². The highest BCUT2D eigenvalue weighted by Crippen LogP contribution is 2.56. The normalized spacial score (nSPS) is 16.8. The number of piperidine rings is 1. The van der Waals surface area contributed by atoms with Crippen molar-refractivity contribution in [3.63, 3.8) is 0 Å². The van der Waals surface area contributed by atoms with Gasteiger partial charge in [0.25, 0.3) is 0 Å². The van der Waals surface area contributed by atoms with Crippen LogP contribution in [0.1, 0.15) is 44.7 Å². The van der Waals surface area contributed by atoms with E-state index in [1.54, 1.807) is 31.2 Å². The second-order valence-electron chi connectivity index (χ2n) is 12.1. The number of aromatic hydroxyl groups is 1. The van der Waals surface area contributed by atoms with Crippen LogP contribution in [0.5, 0.6) is 5.75 Å². The molecule has 206 valence electrons. The SMILES string of the molecule is Cc1ccc(NC(=O)Nc2ccccc2N2CC3(CCN(CC(C)(C)C)CC3)c3c(Cl)ccc(O)c32)cc1F. The molecule has 0 atom stereocenters. The average molecular weight is 551 g/mol. The van der Waals surface area contributed by atoms with Gasteiger partial charge in [0.1, 0.15) is 11.6 Å². The molecule has 0 radical (unpaired) electrons. The van der Waals surface area contributed by atoms with Crippen LogP contribution in [0.2, 0.25) is 5.02 Å². The Morgan fingerprint density at radius 1 is 1.08 bits per heavy atom. The molecule has 39 heavy (non-hydrogen) atoms. The molecule has 0 unspecified atom stereocenters. The van der Waals surface area contributed by atoms with Gasteiger partial charge in [0.15, 0.2) is 0 Å². The number of phenols is 1. The van der Waals surface area contributed by atoms with Gasteiger partial charge < -0.3 is 25.5 Å². The van der Waals surface area contributed by atoms with Gasteiger partial charge in [-0.2, -0.15) is 0 Å². The van der Waals surface area contributed by atoms with E-state index in [9.17, 15) is 14.3 Å². The Kier molecular flexibility index (Phi) is 7.25. The third-order valence-electron chi connectivity index (χ3n) is 7.75. The highest BCUT2D eigenvalue weighted by Gasteiger charge is 2.48. The summed E-state index contributed by atoms with van der Waals surface area (Å²) < 4.78 is 14.0. The number of anilines is 4. The van der Waals surface area contributed by atoms with Crippen LogP contribution in [0.4, 0.5) is 31.9 Å². The summed E-state index contributed by atoms with van der Waals surface area (Å²) in [6.07, 6.45) is 1.84. The second-order valence-corrected chi connectivity index (χ2v) is 12.5. The topological polar surface area (TPSA) is 67.8 Å². The Balaban J connectivity index is 1.44. The molecule has 8 heteroatoms. The maximum Gasteiger partial charge on any atom is 0.323 e. The van der Waals surface area contributed by atoms with Crippen molar-refractivity contribution in [2.45, 2.75) is 46.0 Å². The third kappa shape index (κ3) is 5.56. The van der Waals surface area contributed by atoms with E-state index in [-0.39, 0.29) is 22.4 Å². The number of amides is 2. The molecule has 2 aliphatic rings. The minimum absolute atomic E-state index is 0.165. The van der Waals surface area contributed by atoms with E-state index in [2.05, 4.69) is 41.2 Å². The quantitative estimate of drug-likeness (QED) is 0.312. The lowest BCUT2D eigenvalue weighted by Gasteiger charge is -2.42. The number of para-hydroxylation sites is 2. The molecule has 1 fully saturated rings. The molecular weight excluding hydrogens is 515 g/mol. The molecule has 6 nitrogen and oxygen atoms in total. The number of carbonyl (C=O) groups is 1. The van der Waals surface area contributed by atoms with Crippen LogP contribution in [0.15, 0.2) is 54.6 Å². The molecule has 3 N–H and O–H groups in total. The summed E-state index contributed by atoms with van der Waals surface area (Å²) in [7, 11) is 0. The summed E-state index contributed by atoms with van der Waals surface area (Å²) in [5.74, 6) is -0.217. The van der Waals surface area contributed by atoms with Crippen LogP contribution in [0.25, 0.3) is 0 Å². The van der Waals surface area contributed by atoms with E-state index >= 15 is 0 Å². The molecule has 2 amide bonds. The smallest absolute Gasteiger partial charge is 0.323 e. The van der Waals surface area contributed by atoms with Gasteiger partial charge in [0.05, 0.1) is 17.1 Å². The lowest BCUT2D eigenvalue weighted by molar-refractivity contribution is 0.125. The molecule has 2 aliphatic heterocycles. The minimum atomic E-state index is -0.481. The van der Waals surface area contributed by atoms with Crippen molar-refractivity contribution in [1.29, 1.82) is 0 Å². The van der Waals surface area contributed by atoms with Crippen molar-refractivity contribution >= 4 is 40.4 Å². The Hall–Kier alpha value is -3.29. The number of aryl methyl sites for hydroxylation is 1. The first-order valence-corrected chi connectivity index (χ1v) is 13.8. The summed E-state index contributed by atoms with van der Waals surface area (Å²) in [5.41, 5.74) is 3.89. The van der Waals surface area contributed by atoms with E-state index in [4.69, 9.17) is 11.6 Å². The lowest BCUT2D eigenvalue weighted by Crippen LogP contribution is -2.47. The summed E-state index contributed by atoms with van der Waals surface area (Å²) in [4.78, 5) is 17.5. The number of likely N-dealkylation sites (tertiary alicyclic amines) is 1. The molecular formula is C31H36ClFN4O2. The molecule has 0 saturated carbocycles. The number of fused-ring (bicyclic) bond motifs is 2. The highest BCUT2D eigenvalue weighted by molar-refractivity contribution is 6.32. The zero-order valence-corrected chi connectivity index (χ0v) is 23.7. The number of carbonyl (C=O) groups excluding carboxylic acids is 1. The standard InChI is InChI=1S/C31H36ClFN4O2/c1-20-9-10-21(17-23(20)33)34-29(39)35-24-7-5-6-8-25(24)37-19-31(27-22(32)11-12-26(38)28(27)37)13-15-36(16-14-31)18-30(2,3)4/h5-12,17,38H,13-16,18-19H2,1-4H3,(H2,34,35,39). The van der Waals surface area contributed by atoms with Crippen molar-refractivity contribution in [2.24, 2.45) is 5.41 Å². The van der Waals surface area contributed by atoms with Gasteiger partial charge in [-0.3, -0.25) is 0 Å². The Labute approximate surface area is 234 Å². The van der Waals surface area contributed by atoms with E-state index in [1.165, 1.54) is 6.07 Å². The Bertz CT molecular complexity index is 1400. The monoisotopic (exact) mass is 550 g/mol. The predicted octanol–water partition coefficient (Wildman–Crippen LogP) is 7.67. The zero-order valence-electron chi connectivity index (χ0n) is 22.9. The zero-order chi connectivity index (χ0) is 27.9. The number of nitrogens with one attached hydrogen (secondary N) is 2. The van der Waals surface area contributed by atoms with Crippen LogP contribution in [-0.4, -0.2) is 42.2 Å². The van der Waals surface area contributed by atoms with Gasteiger partial charge in [0.2, 0.25) is 0 Å². The minimum Gasteiger partial charge on any atom is -0.506 e. The molecule has 0 bridgehead atoms. The van der Waals surface area contributed by atoms with E-state index in [1.807, 2.05) is 24.3 Å². The number of urea groups is 1. The fourth-order valence-electron chi connectivity index (χ4n) is 5.99. The first kappa shape index (κ1) is 27.3.